The standard InChI is InChI=1S/C7H14N2O2.ClH/c1-9-4-2-3-7(11,5-8)6(9)10;/h11H,2-5,8H2,1H3;1H. The normalized spacial score (nSPS) is 29.9. The molecule has 1 saturated heterocycles. The Balaban J connectivity index is 0.00000121. The smallest absolute Gasteiger partial charge is 0.255 e. The molecule has 1 aliphatic rings. The van der Waals surface area contributed by atoms with Crippen molar-refractivity contribution in [2.45, 2.75) is 18.4 Å². The number of nitrogens with two attached hydrogens (primary N) is 1. The van der Waals surface area contributed by atoms with Gasteiger partial charge >= 0.3 is 0 Å². The third kappa shape index (κ3) is 1.88. The Morgan fingerprint density at radius 1 is 1.75 bits per heavy atom. The van der Waals surface area contributed by atoms with Crippen molar-refractivity contribution >= 4 is 18.3 Å². The highest BCUT2D eigenvalue weighted by molar-refractivity contribution is 5.86. The minimum Gasteiger partial charge on any atom is -0.379 e. The van der Waals surface area contributed by atoms with Crippen LogP contribution in [0.15, 0.2) is 0 Å². The van der Waals surface area contributed by atoms with Crippen molar-refractivity contribution in [3.05, 3.63) is 0 Å². The summed E-state index contributed by atoms with van der Waals surface area (Å²) >= 11 is 0. The van der Waals surface area contributed by atoms with Gasteiger partial charge in [-0.3, -0.25) is 4.79 Å². The molecule has 0 spiro atoms. The number of hydrogen-bond donors (Lipinski definition) is 2. The fourth-order valence-electron chi connectivity index (χ4n) is 1.36. The first-order chi connectivity index (χ1) is 5.10. The molecule has 0 bridgehead atoms. The fraction of sp³-hybridized carbons (Fsp3) is 0.857. The SMILES string of the molecule is CN1CCCC(O)(CN)C1=O.Cl. The lowest BCUT2D eigenvalue weighted by Crippen LogP contribution is -2.55. The quantitative estimate of drug-likeness (QED) is 0.583. The molecule has 0 aliphatic carbocycles. The van der Waals surface area contributed by atoms with Crippen molar-refractivity contribution in [3.63, 3.8) is 0 Å². The summed E-state index contributed by atoms with van der Waals surface area (Å²) in [5.74, 6) is -0.244. The minimum absolute atomic E-state index is 0. The molecule has 1 atom stereocenters. The molecule has 5 heteroatoms. The zero-order valence-electron chi connectivity index (χ0n) is 7.12. The predicted molar refractivity (Wildman–Crippen MR) is 48.1 cm³/mol. The Morgan fingerprint density at radius 2 is 2.33 bits per heavy atom. The van der Waals surface area contributed by atoms with Crippen molar-refractivity contribution < 1.29 is 9.90 Å². The van der Waals surface area contributed by atoms with Crippen molar-refractivity contribution in [1.82, 2.24) is 4.90 Å². The Bertz CT molecular complexity index is 177. The topological polar surface area (TPSA) is 66.6 Å². The number of carbonyl (C=O) groups excluding carboxylic acids is 1. The molecule has 1 unspecified atom stereocenters. The molecule has 12 heavy (non-hydrogen) atoms. The van der Waals surface area contributed by atoms with Crippen LogP contribution in [0.1, 0.15) is 12.8 Å². The van der Waals surface area contributed by atoms with Gasteiger partial charge in [-0.2, -0.15) is 0 Å². The second kappa shape index (κ2) is 4.07. The van der Waals surface area contributed by atoms with Crippen molar-refractivity contribution in [2.24, 2.45) is 5.73 Å². The van der Waals surface area contributed by atoms with Gasteiger partial charge in [0.1, 0.15) is 0 Å². The van der Waals surface area contributed by atoms with E-state index < -0.39 is 5.60 Å². The molecule has 0 aromatic heterocycles. The maximum atomic E-state index is 11.3. The highest BCUT2D eigenvalue weighted by atomic mass is 35.5. The van der Waals surface area contributed by atoms with Gasteiger partial charge in [0.15, 0.2) is 5.60 Å². The van der Waals surface area contributed by atoms with E-state index >= 15 is 0 Å². The van der Waals surface area contributed by atoms with Crippen LogP contribution >= 0.6 is 12.4 Å². The summed E-state index contributed by atoms with van der Waals surface area (Å²) in [4.78, 5) is 12.8. The molecule has 1 heterocycles. The second-order valence-electron chi connectivity index (χ2n) is 3.07. The van der Waals surface area contributed by atoms with Gasteiger partial charge in [-0.1, -0.05) is 0 Å². The maximum absolute atomic E-state index is 11.3. The van der Waals surface area contributed by atoms with E-state index in [9.17, 15) is 9.90 Å². The number of carbonyl (C=O) groups is 1. The highest BCUT2D eigenvalue weighted by Crippen LogP contribution is 2.19. The largest absolute Gasteiger partial charge is 0.379 e. The molecular formula is C7H15ClN2O2. The molecule has 0 aromatic rings. The number of halogens is 1. The van der Waals surface area contributed by atoms with E-state index in [2.05, 4.69) is 0 Å². The molecule has 72 valence electrons. The molecule has 0 saturated carbocycles. The highest BCUT2D eigenvalue weighted by Gasteiger charge is 2.39. The van der Waals surface area contributed by atoms with E-state index in [0.29, 0.717) is 6.42 Å². The second-order valence-corrected chi connectivity index (χ2v) is 3.07. The van der Waals surface area contributed by atoms with Crippen LogP contribution in [0.5, 0.6) is 0 Å². The number of rotatable bonds is 1. The number of amides is 1. The predicted octanol–water partition coefficient (Wildman–Crippen LogP) is -0.650. The van der Waals surface area contributed by atoms with Crippen LogP contribution in [0.4, 0.5) is 0 Å². The van der Waals surface area contributed by atoms with Gasteiger partial charge in [0.05, 0.1) is 0 Å². The number of nitrogens with zero attached hydrogens (tertiary/aromatic N) is 1. The zero-order valence-corrected chi connectivity index (χ0v) is 7.93. The van der Waals surface area contributed by atoms with E-state index in [1.807, 2.05) is 0 Å². The summed E-state index contributed by atoms with van der Waals surface area (Å²) in [5, 5.41) is 9.60. The average molecular weight is 195 g/mol. The molecular weight excluding hydrogens is 180 g/mol. The first-order valence-corrected chi connectivity index (χ1v) is 3.78. The number of aliphatic hydroxyl groups is 1. The summed E-state index contributed by atoms with van der Waals surface area (Å²) in [7, 11) is 1.68. The van der Waals surface area contributed by atoms with Gasteiger partial charge in [-0.05, 0) is 12.8 Å². The first-order valence-electron chi connectivity index (χ1n) is 3.78. The molecule has 1 amide bonds. The van der Waals surface area contributed by atoms with Crippen LogP contribution in [-0.4, -0.2) is 41.7 Å². The summed E-state index contributed by atoms with van der Waals surface area (Å²) in [5.41, 5.74) is 4.01. The van der Waals surface area contributed by atoms with Crippen LogP contribution in [0.2, 0.25) is 0 Å². The molecule has 1 rings (SSSR count). The Hall–Kier alpha value is -0.320. The van der Waals surface area contributed by atoms with Crippen molar-refractivity contribution in [2.75, 3.05) is 20.1 Å². The molecule has 1 fully saturated rings. The van der Waals surface area contributed by atoms with E-state index in [1.54, 1.807) is 7.05 Å². The van der Waals surface area contributed by atoms with Crippen LogP contribution in [0.25, 0.3) is 0 Å². The van der Waals surface area contributed by atoms with Crippen LogP contribution < -0.4 is 5.73 Å². The van der Waals surface area contributed by atoms with Crippen molar-refractivity contribution in [1.29, 1.82) is 0 Å². The summed E-state index contributed by atoms with van der Waals surface area (Å²) < 4.78 is 0. The number of likely N-dealkylation sites (tertiary alicyclic amines) is 1. The van der Waals surface area contributed by atoms with Crippen LogP contribution in [0, 0.1) is 0 Å². The summed E-state index contributed by atoms with van der Waals surface area (Å²) in [6, 6.07) is 0. The lowest BCUT2D eigenvalue weighted by Gasteiger charge is -2.35. The van der Waals surface area contributed by atoms with Gasteiger partial charge in [0.2, 0.25) is 0 Å². The van der Waals surface area contributed by atoms with E-state index in [0.717, 1.165) is 13.0 Å². The molecule has 3 N–H and O–H groups in total. The lowest BCUT2D eigenvalue weighted by molar-refractivity contribution is -0.153. The molecule has 1 aliphatic heterocycles. The van der Waals surface area contributed by atoms with Gasteiger partial charge in [0, 0.05) is 20.1 Å². The zero-order chi connectivity index (χ0) is 8.48. The van der Waals surface area contributed by atoms with Gasteiger partial charge < -0.3 is 15.7 Å². The van der Waals surface area contributed by atoms with Crippen molar-refractivity contribution in [3.8, 4) is 0 Å². The van der Waals surface area contributed by atoms with Crippen LogP contribution in [0.3, 0.4) is 0 Å². The minimum atomic E-state index is -1.28. The van der Waals surface area contributed by atoms with Gasteiger partial charge in [-0.25, -0.2) is 0 Å². The average Bonchev–Trinajstić information content (AvgIpc) is 2.00. The molecule has 4 nitrogen and oxygen atoms in total. The van der Waals surface area contributed by atoms with E-state index in [-0.39, 0.29) is 24.9 Å². The van der Waals surface area contributed by atoms with E-state index in [4.69, 9.17) is 5.73 Å². The Morgan fingerprint density at radius 3 is 2.75 bits per heavy atom. The van der Waals surface area contributed by atoms with Crippen LogP contribution in [-0.2, 0) is 4.79 Å². The molecule has 0 aromatic carbocycles. The lowest BCUT2D eigenvalue weighted by atomic mass is 9.92. The van der Waals surface area contributed by atoms with E-state index in [1.165, 1.54) is 4.90 Å². The number of likely N-dealkylation sites (N-methyl/N-ethyl adjacent to an activating group) is 1. The number of piperidine rings is 1. The molecule has 0 radical (unpaired) electrons. The first kappa shape index (κ1) is 11.7. The Kier molecular flexibility index (Phi) is 3.96. The number of hydrogen-bond acceptors (Lipinski definition) is 3. The van der Waals surface area contributed by atoms with Gasteiger partial charge in [0.25, 0.3) is 5.91 Å². The monoisotopic (exact) mass is 194 g/mol. The Labute approximate surface area is 78.1 Å². The summed E-state index contributed by atoms with van der Waals surface area (Å²) in [6.45, 7) is 0.747. The summed E-state index contributed by atoms with van der Waals surface area (Å²) in [6.07, 6.45) is 1.32. The third-order valence-corrected chi connectivity index (χ3v) is 2.17. The fourth-order valence-corrected chi connectivity index (χ4v) is 1.36. The maximum Gasteiger partial charge on any atom is 0.255 e. The third-order valence-electron chi connectivity index (χ3n) is 2.17. The van der Waals surface area contributed by atoms with Gasteiger partial charge in [-0.15, -0.1) is 12.4 Å².